The highest BCUT2D eigenvalue weighted by molar-refractivity contribution is 6.04. The Morgan fingerprint density at radius 3 is 2.85 bits per heavy atom. The minimum atomic E-state index is -0.257. The second-order valence-electron chi connectivity index (χ2n) is 4.34. The van der Waals surface area contributed by atoms with Crippen molar-refractivity contribution in [3.63, 3.8) is 0 Å². The third-order valence-corrected chi connectivity index (χ3v) is 2.67. The summed E-state index contributed by atoms with van der Waals surface area (Å²) in [5, 5.41) is 6.39. The monoisotopic (exact) mass is 269 g/mol. The fraction of sp³-hybridized carbons (Fsp3) is 0.200. The molecule has 1 heterocycles. The summed E-state index contributed by atoms with van der Waals surface area (Å²) in [6, 6.07) is 5.60. The van der Waals surface area contributed by atoms with E-state index in [1.54, 1.807) is 13.0 Å². The van der Waals surface area contributed by atoms with E-state index in [1.165, 1.54) is 6.20 Å². The number of carbonyl (C=O) groups excluding carboxylic acids is 1. The second-order valence-corrected chi connectivity index (χ2v) is 4.34. The summed E-state index contributed by atoms with van der Waals surface area (Å²) < 4.78 is 4.88. The largest absolute Gasteiger partial charge is 0.361 e. The minimum Gasteiger partial charge on any atom is -0.361 e. The van der Waals surface area contributed by atoms with E-state index in [0.29, 0.717) is 23.6 Å². The number of nitrogens with one attached hydrogen (secondary N) is 1. The normalized spacial score (nSPS) is 9.75. The van der Waals surface area contributed by atoms with Gasteiger partial charge in [-0.15, -0.1) is 0 Å². The molecule has 102 valence electrons. The number of aryl methyl sites for hydroxylation is 2. The van der Waals surface area contributed by atoms with E-state index in [9.17, 15) is 4.79 Å². The molecule has 1 aromatic heterocycles. The lowest BCUT2D eigenvalue weighted by Gasteiger charge is -2.06. The molecular formula is C15H15N3O2. The predicted molar refractivity (Wildman–Crippen MR) is 76.3 cm³/mol. The molecule has 1 aromatic carbocycles. The van der Waals surface area contributed by atoms with Gasteiger partial charge in [-0.05, 0) is 37.6 Å². The van der Waals surface area contributed by atoms with Crippen LogP contribution in [0.5, 0.6) is 0 Å². The van der Waals surface area contributed by atoms with Crippen molar-refractivity contribution < 1.29 is 9.32 Å². The standard InChI is InChI=1S/C15H15N3O2/c1-10-6-12(4-3-5-16)8-13(7-10)18-15(19)14-9-17-20-11(14)2/h6-9H,5,16H2,1-2H3,(H,18,19). The highest BCUT2D eigenvalue weighted by Crippen LogP contribution is 2.16. The predicted octanol–water partition coefficient (Wildman–Crippen LogP) is 1.85. The topological polar surface area (TPSA) is 81.1 Å². The molecule has 0 saturated carbocycles. The highest BCUT2D eigenvalue weighted by atomic mass is 16.5. The summed E-state index contributed by atoms with van der Waals surface area (Å²) in [6.07, 6.45) is 1.40. The van der Waals surface area contributed by atoms with E-state index >= 15 is 0 Å². The van der Waals surface area contributed by atoms with Crippen LogP contribution in [0.1, 0.15) is 27.2 Å². The number of amides is 1. The first-order chi connectivity index (χ1) is 9.60. The highest BCUT2D eigenvalue weighted by Gasteiger charge is 2.13. The molecular weight excluding hydrogens is 254 g/mol. The Kier molecular flexibility index (Phi) is 4.18. The summed E-state index contributed by atoms with van der Waals surface area (Å²) in [5.74, 6) is 5.96. The minimum absolute atomic E-state index is 0.257. The number of benzene rings is 1. The molecule has 2 aromatic rings. The molecule has 5 heteroatoms. The number of nitrogens with zero attached hydrogens (tertiary/aromatic N) is 1. The Bertz CT molecular complexity index is 693. The lowest BCUT2D eigenvalue weighted by molar-refractivity contribution is 0.102. The number of carbonyl (C=O) groups is 1. The van der Waals surface area contributed by atoms with E-state index in [2.05, 4.69) is 22.3 Å². The van der Waals surface area contributed by atoms with Gasteiger partial charge in [-0.2, -0.15) is 0 Å². The molecule has 0 aliphatic carbocycles. The maximum atomic E-state index is 12.1. The summed E-state index contributed by atoms with van der Waals surface area (Å²) in [5.41, 5.74) is 8.27. The van der Waals surface area contributed by atoms with Crippen LogP contribution in [0.25, 0.3) is 0 Å². The van der Waals surface area contributed by atoms with Gasteiger partial charge in [-0.1, -0.05) is 17.0 Å². The zero-order valence-corrected chi connectivity index (χ0v) is 11.4. The van der Waals surface area contributed by atoms with E-state index < -0.39 is 0 Å². The Morgan fingerprint density at radius 1 is 1.40 bits per heavy atom. The van der Waals surface area contributed by atoms with Crippen LogP contribution in [-0.4, -0.2) is 17.6 Å². The third-order valence-electron chi connectivity index (χ3n) is 2.67. The Labute approximate surface area is 117 Å². The van der Waals surface area contributed by atoms with Crippen molar-refractivity contribution in [1.82, 2.24) is 5.16 Å². The van der Waals surface area contributed by atoms with Crippen LogP contribution < -0.4 is 11.1 Å². The SMILES string of the molecule is Cc1cc(C#CCN)cc(NC(=O)c2cnoc2C)c1. The van der Waals surface area contributed by atoms with Crippen LogP contribution in [-0.2, 0) is 0 Å². The smallest absolute Gasteiger partial charge is 0.260 e. The van der Waals surface area contributed by atoms with E-state index in [-0.39, 0.29) is 5.91 Å². The van der Waals surface area contributed by atoms with E-state index in [1.807, 2.05) is 19.1 Å². The van der Waals surface area contributed by atoms with Gasteiger partial charge in [-0.25, -0.2) is 0 Å². The van der Waals surface area contributed by atoms with Crippen molar-refractivity contribution >= 4 is 11.6 Å². The molecule has 2 rings (SSSR count). The molecule has 0 saturated heterocycles. The second kappa shape index (κ2) is 6.04. The van der Waals surface area contributed by atoms with Crippen LogP contribution >= 0.6 is 0 Å². The van der Waals surface area contributed by atoms with E-state index in [4.69, 9.17) is 10.3 Å². The maximum absolute atomic E-state index is 12.1. The molecule has 0 bridgehead atoms. The Morgan fingerprint density at radius 2 is 2.20 bits per heavy atom. The zero-order valence-electron chi connectivity index (χ0n) is 11.4. The van der Waals surface area contributed by atoms with Crippen molar-refractivity contribution in [2.75, 3.05) is 11.9 Å². The first kappa shape index (κ1) is 13.8. The third kappa shape index (κ3) is 3.25. The number of anilines is 1. The molecule has 20 heavy (non-hydrogen) atoms. The molecule has 0 aliphatic heterocycles. The first-order valence-electron chi connectivity index (χ1n) is 6.13. The number of hydrogen-bond donors (Lipinski definition) is 2. The van der Waals surface area contributed by atoms with Crippen molar-refractivity contribution in [2.45, 2.75) is 13.8 Å². The van der Waals surface area contributed by atoms with Gasteiger partial charge in [0.15, 0.2) is 0 Å². The van der Waals surface area contributed by atoms with Gasteiger partial charge in [0.1, 0.15) is 11.3 Å². The molecule has 0 spiro atoms. The van der Waals surface area contributed by atoms with E-state index in [0.717, 1.165) is 11.1 Å². The van der Waals surface area contributed by atoms with Gasteiger partial charge < -0.3 is 15.6 Å². The van der Waals surface area contributed by atoms with Gasteiger partial charge in [0.25, 0.3) is 5.91 Å². The summed E-state index contributed by atoms with van der Waals surface area (Å²) >= 11 is 0. The summed E-state index contributed by atoms with van der Waals surface area (Å²) in [7, 11) is 0. The van der Waals surface area contributed by atoms with Crippen molar-refractivity contribution in [3.8, 4) is 11.8 Å². The summed E-state index contributed by atoms with van der Waals surface area (Å²) in [4.78, 5) is 12.1. The fourth-order valence-electron chi connectivity index (χ4n) is 1.80. The average Bonchev–Trinajstić information content (AvgIpc) is 2.82. The molecule has 0 aliphatic rings. The van der Waals surface area contributed by atoms with Gasteiger partial charge in [0.05, 0.1) is 12.7 Å². The molecule has 5 nitrogen and oxygen atoms in total. The lowest BCUT2D eigenvalue weighted by atomic mass is 10.1. The molecule has 0 fully saturated rings. The van der Waals surface area contributed by atoms with Crippen LogP contribution in [0.4, 0.5) is 5.69 Å². The number of hydrogen-bond acceptors (Lipinski definition) is 4. The molecule has 0 unspecified atom stereocenters. The molecule has 3 N–H and O–H groups in total. The number of rotatable bonds is 2. The van der Waals surface area contributed by atoms with Crippen LogP contribution in [0.2, 0.25) is 0 Å². The molecule has 0 atom stereocenters. The van der Waals surface area contributed by atoms with Crippen molar-refractivity contribution in [2.24, 2.45) is 5.73 Å². The molecule has 1 amide bonds. The van der Waals surface area contributed by atoms with Crippen LogP contribution in [0.15, 0.2) is 28.9 Å². The van der Waals surface area contributed by atoms with Crippen molar-refractivity contribution in [3.05, 3.63) is 46.8 Å². The molecule has 0 radical (unpaired) electrons. The van der Waals surface area contributed by atoms with Crippen LogP contribution in [0, 0.1) is 25.7 Å². The maximum Gasteiger partial charge on any atom is 0.260 e. The van der Waals surface area contributed by atoms with Gasteiger partial charge in [0, 0.05) is 11.3 Å². The fourth-order valence-corrected chi connectivity index (χ4v) is 1.80. The van der Waals surface area contributed by atoms with Crippen molar-refractivity contribution in [1.29, 1.82) is 0 Å². The van der Waals surface area contributed by atoms with Gasteiger partial charge in [-0.3, -0.25) is 4.79 Å². The first-order valence-corrected chi connectivity index (χ1v) is 6.13. The van der Waals surface area contributed by atoms with Gasteiger partial charge >= 0.3 is 0 Å². The van der Waals surface area contributed by atoms with Gasteiger partial charge in [0.2, 0.25) is 0 Å². The summed E-state index contributed by atoms with van der Waals surface area (Å²) in [6.45, 7) is 3.93. The lowest BCUT2D eigenvalue weighted by Crippen LogP contribution is -2.12. The van der Waals surface area contributed by atoms with Crippen LogP contribution in [0.3, 0.4) is 0 Å². The number of nitrogens with two attached hydrogens (primary N) is 1. The Balaban J connectivity index is 2.23. The quantitative estimate of drug-likeness (QED) is 0.815. The number of aromatic nitrogens is 1. The zero-order chi connectivity index (χ0) is 14.5. The Hall–Kier alpha value is -2.58. The average molecular weight is 269 g/mol.